The number of hydrogen-bond acceptors (Lipinski definition) is 6. The van der Waals surface area contributed by atoms with Crippen molar-refractivity contribution < 1.29 is 4.74 Å². The van der Waals surface area contributed by atoms with Crippen molar-refractivity contribution in [2.45, 2.75) is 19.6 Å². The molecule has 4 heterocycles. The summed E-state index contributed by atoms with van der Waals surface area (Å²) in [5, 5.41) is 8.96. The number of benzene rings is 1. The minimum atomic E-state index is -0.0610. The topological polar surface area (TPSA) is 68.1 Å². The first-order chi connectivity index (χ1) is 15.2. The molecule has 1 fully saturated rings. The zero-order chi connectivity index (χ0) is 21.2. The highest BCUT2D eigenvalue weighted by Crippen LogP contribution is 2.25. The molecule has 3 aromatic heterocycles. The third kappa shape index (κ3) is 4.28. The fourth-order valence-corrected chi connectivity index (χ4v) is 4.02. The van der Waals surface area contributed by atoms with Crippen LogP contribution < -0.4 is 5.32 Å². The number of hydrogen-bond donors (Lipinski definition) is 1. The van der Waals surface area contributed by atoms with Crippen LogP contribution in [0.3, 0.4) is 0 Å². The van der Waals surface area contributed by atoms with Crippen LogP contribution in [-0.2, 0) is 18.3 Å². The fourth-order valence-electron chi connectivity index (χ4n) is 4.02. The summed E-state index contributed by atoms with van der Waals surface area (Å²) in [6.45, 7) is 5.28. The Labute approximate surface area is 181 Å². The number of aryl methyl sites for hydroxylation is 2. The average molecular weight is 415 g/mol. The number of ether oxygens (including phenoxy) is 1. The van der Waals surface area contributed by atoms with Gasteiger partial charge in [0.2, 0.25) is 0 Å². The quantitative estimate of drug-likeness (QED) is 0.533. The molecular formula is C24H26N6O. The molecule has 0 radical (unpaired) electrons. The van der Waals surface area contributed by atoms with Gasteiger partial charge in [-0.05, 0) is 36.8 Å². The highest BCUT2D eigenvalue weighted by atomic mass is 16.5. The summed E-state index contributed by atoms with van der Waals surface area (Å²) in [5.74, 6) is 1.57. The van der Waals surface area contributed by atoms with Crippen LogP contribution in [0.2, 0.25) is 0 Å². The summed E-state index contributed by atoms with van der Waals surface area (Å²) in [7, 11) is 1.93. The zero-order valence-corrected chi connectivity index (χ0v) is 17.8. The van der Waals surface area contributed by atoms with Crippen molar-refractivity contribution in [3.8, 4) is 0 Å². The van der Waals surface area contributed by atoms with E-state index in [1.165, 1.54) is 10.9 Å². The molecule has 7 heteroatoms. The Bertz CT molecular complexity index is 1180. The van der Waals surface area contributed by atoms with Crippen LogP contribution in [-0.4, -0.2) is 44.3 Å². The molecule has 1 atom stereocenters. The van der Waals surface area contributed by atoms with E-state index in [4.69, 9.17) is 9.72 Å². The van der Waals surface area contributed by atoms with Gasteiger partial charge in [0.05, 0.1) is 17.8 Å². The summed E-state index contributed by atoms with van der Waals surface area (Å²) in [4.78, 5) is 11.7. The lowest BCUT2D eigenvalue weighted by Crippen LogP contribution is -2.38. The van der Waals surface area contributed by atoms with Gasteiger partial charge in [-0.2, -0.15) is 5.10 Å². The highest BCUT2D eigenvalue weighted by Gasteiger charge is 2.24. The van der Waals surface area contributed by atoms with Crippen molar-refractivity contribution in [1.29, 1.82) is 0 Å². The molecule has 1 saturated heterocycles. The number of nitrogens with one attached hydrogen (secondary N) is 1. The molecule has 0 bridgehead atoms. The SMILES string of the molecule is Cc1cc(Nc2cccc(C3CN(Cc4cccc5ncccc45)CCO3)n2)nn1C. The largest absolute Gasteiger partial charge is 0.369 e. The highest BCUT2D eigenvalue weighted by molar-refractivity contribution is 5.81. The summed E-state index contributed by atoms with van der Waals surface area (Å²) in [6, 6.07) is 18.5. The molecule has 1 N–H and O–H groups in total. The van der Waals surface area contributed by atoms with Gasteiger partial charge in [0, 0.05) is 50.0 Å². The number of morpholine rings is 1. The van der Waals surface area contributed by atoms with Crippen LogP contribution in [0.4, 0.5) is 11.6 Å². The first-order valence-corrected chi connectivity index (χ1v) is 10.6. The van der Waals surface area contributed by atoms with E-state index >= 15 is 0 Å². The summed E-state index contributed by atoms with van der Waals surface area (Å²) >= 11 is 0. The molecule has 0 aliphatic carbocycles. The maximum absolute atomic E-state index is 6.08. The molecule has 0 amide bonds. The van der Waals surface area contributed by atoms with Gasteiger partial charge in [0.25, 0.3) is 0 Å². The van der Waals surface area contributed by atoms with E-state index in [1.807, 2.05) is 55.2 Å². The van der Waals surface area contributed by atoms with Gasteiger partial charge in [-0.1, -0.05) is 24.3 Å². The van der Waals surface area contributed by atoms with E-state index < -0.39 is 0 Å². The lowest BCUT2D eigenvalue weighted by Gasteiger charge is -2.33. The molecule has 31 heavy (non-hydrogen) atoms. The predicted molar refractivity (Wildman–Crippen MR) is 121 cm³/mol. The molecule has 1 aliphatic rings. The molecule has 0 spiro atoms. The molecule has 4 aromatic rings. The van der Waals surface area contributed by atoms with Crippen molar-refractivity contribution in [3.05, 3.63) is 77.7 Å². The Morgan fingerprint density at radius 3 is 2.87 bits per heavy atom. The van der Waals surface area contributed by atoms with Crippen molar-refractivity contribution in [2.24, 2.45) is 7.05 Å². The van der Waals surface area contributed by atoms with Gasteiger partial charge in [-0.25, -0.2) is 4.98 Å². The fraction of sp³-hybridized carbons (Fsp3) is 0.292. The van der Waals surface area contributed by atoms with Crippen molar-refractivity contribution in [1.82, 2.24) is 24.6 Å². The van der Waals surface area contributed by atoms with Crippen molar-refractivity contribution in [2.75, 3.05) is 25.0 Å². The van der Waals surface area contributed by atoms with Gasteiger partial charge in [0.15, 0.2) is 5.82 Å². The predicted octanol–water partition coefficient (Wildman–Crippen LogP) is 3.99. The zero-order valence-electron chi connectivity index (χ0n) is 17.8. The molecule has 5 rings (SSSR count). The first-order valence-electron chi connectivity index (χ1n) is 10.6. The molecular weight excluding hydrogens is 388 g/mol. The van der Waals surface area contributed by atoms with Gasteiger partial charge in [-0.15, -0.1) is 0 Å². The molecule has 1 aliphatic heterocycles. The van der Waals surface area contributed by atoms with Crippen LogP contribution in [0.1, 0.15) is 23.1 Å². The number of anilines is 2. The number of fused-ring (bicyclic) bond motifs is 1. The minimum absolute atomic E-state index is 0.0610. The standard InChI is InChI=1S/C24H26N6O/c1-17-14-24(28-29(17)2)27-23-10-4-9-21(26-23)22-16-30(12-13-31-22)15-18-6-3-8-20-19(18)7-5-11-25-20/h3-11,14,22H,12-13,15-16H2,1-2H3,(H,26,27,28). The Hall–Kier alpha value is -3.29. The van der Waals surface area contributed by atoms with Gasteiger partial charge >= 0.3 is 0 Å². The number of nitrogens with zero attached hydrogens (tertiary/aromatic N) is 5. The number of rotatable bonds is 5. The monoisotopic (exact) mass is 414 g/mol. The van der Waals surface area contributed by atoms with Crippen LogP contribution in [0, 0.1) is 6.92 Å². The second-order valence-corrected chi connectivity index (χ2v) is 7.95. The third-order valence-electron chi connectivity index (χ3n) is 5.75. The van der Waals surface area contributed by atoms with Crippen molar-refractivity contribution in [3.63, 3.8) is 0 Å². The van der Waals surface area contributed by atoms with Gasteiger partial charge < -0.3 is 10.1 Å². The first kappa shape index (κ1) is 19.7. The lowest BCUT2D eigenvalue weighted by molar-refractivity contribution is -0.0348. The van der Waals surface area contributed by atoms with Crippen LogP contribution in [0.5, 0.6) is 0 Å². The molecule has 7 nitrogen and oxygen atoms in total. The summed E-state index contributed by atoms with van der Waals surface area (Å²) in [5.41, 5.74) is 4.35. The number of aromatic nitrogens is 4. The van der Waals surface area contributed by atoms with Gasteiger partial charge in [-0.3, -0.25) is 14.6 Å². The van der Waals surface area contributed by atoms with E-state index in [-0.39, 0.29) is 6.10 Å². The van der Waals surface area contributed by atoms with E-state index in [9.17, 15) is 0 Å². The summed E-state index contributed by atoms with van der Waals surface area (Å²) < 4.78 is 7.93. The Kier molecular flexibility index (Phi) is 5.36. The molecule has 0 saturated carbocycles. The van der Waals surface area contributed by atoms with E-state index in [0.717, 1.165) is 48.2 Å². The normalized spacial score (nSPS) is 17.2. The van der Waals surface area contributed by atoms with Crippen LogP contribution >= 0.6 is 0 Å². The lowest BCUT2D eigenvalue weighted by atomic mass is 10.1. The second kappa shape index (κ2) is 8.45. The Morgan fingerprint density at radius 2 is 2.00 bits per heavy atom. The molecule has 1 aromatic carbocycles. The average Bonchev–Trinajstić information content (AvgIpc) is 3.11. The second-order valence-electron chi connectivity index (χ2n) is 7.95. The summed E-state index contributed by atoms with van der Waals surface area (Å²) in [6.07, 6.45) is 1.78. The van der Waals surface area contributed by atoms with Crippen molar-refractivity contribution >= 4 is 22.5 Å². The van der Waals surface area contributed by atoms with E-state index in [2.05, 4.69) is 44.6 Å². The third-order valence-corrected chi connectivity index (χ3v) is 5.75. The van der Waals surface area contributed by atoms with Gasteiger partial charge in [0.1, 0.15) is 11.9 Å². The Morgan fingerprint density at radius 1 is 1.10 bits per heavy atom. The van der Waals surface area contributed by atoms with E-state index in [1.54, 1.807) is 0 Å². The maximum Gasteiger partial charge on any atom is 0.153 e. The number of pyridine rings is 2. The van der Waals surface area contributed by atoms with Crippen LogP contribution in [0.25, 0.3) is 10.9 Å². The Balaban J connectivity index is 1.31. The van der Waals surface area contributed by atoms with Crippen LogP contribution in [0.15, 0.2) is 60.8 Å². The van der Waals surface area contributed by atoms with E-state index in [0.29, 0.717) is 6.61 Å². The minimum Gasteiger partial charge on any atom is -0.369 e. The smallest absolute Gasteiger partial charge is 0.153 e. The molecule has 158 valence electrons. The maximum atomic E-state index is 6.08. The molecule has 1 unspecified atom stereocenters.